The lowest BCUT2D eigenvalue weighted by atomic mass is 9.81. The molecule has 240 valence electrons. The van der Waals surface area contributed by atoms with Crippen molar-refractivity contribution in [1.82, 2.24) is 29.7 Å². The molecule has 12 heteroatoms. The Morgan fingerprint density at radius 2 is 1.93 bits per heavy atom. The van der Waals surface area contributed by atoms with Crippen LogP contribution < -0.4 is 10.1 Å². The minimum atomic E-state index is -0.356. The van der Waals surface area contributed by atoms with E-state index in [0.29, 0.717) is 54.2 Å². The number of carbonyl (C=O) groups excluding carboxylic acids is 1. The minimum absolute atomic E-state index is 0.125. The molecule has 0 saturated carbocycles. The lowest BCUT2D eigenvalue weighted by Crippen LogP contribution is -2.56. The summed E-state index contributed by atoms with van der Waals surface area (Å²) in [5, 5.41) is 22.3. The van der Waals surface area contributed by atoms with Crippen LogP contribution in [0.5, 0.6) is 5.75 Å². The maximum absolute atomic E-state index is 12.3. The Bertz CT molecular complexity index is 1600. The summed E-state index contributed by atoms with van der Waals surface area (Å²) in [7, 11) is 0. The summed E-state index contributed by atoms with van der Waals surface area (Å²) in [5.41, 5.74) is 3.13. The van der Waals surface area contributed by atoms with Crippen LogP contribution in [0, 0.1) is 34.0 Å². The Morgan fingerprint density at radius 1 is 1.13 bits per heavy atom. The summed E-state index contributed by atoms with van der Waals surface area (Å²) in [6.45, 7) is 13.2. The van der Waals surface area contributed by atoms with Gasteiger partial charge in [-0.15, -0.1) is 0 Å². The van der Waals surface area contributed by atoms with E-state index in [0.717, 1.165) is 51.5 Å². The maximum atomic E-state index is 12.3. The first-order valence-electron chi connectivity index (χ1n) is 16.0. The molecule has 1 unspecified atom stereocenters. The zero-order chi connectivity index (χ0) is 32.3. The largest absolute Gasteiger partial charge is 0.488 e. The number of amides is 1. The second-order valence-corrected chi connectivity index (χ2v) is 13.2. The predicted molar refractivity (Wildman–Crippen MR) is 171 cm³/mol. The number of likely N-dealkylation sites (tertiary alicyclic amines) is 1. The molecule has 12 nitrogen and oxygen atoms in total. The van der Waals surface area contributed by atoms with Gasteiger partial charge in [0.05, 0.1) is 30.9 Å². The van der Waals surface area contributed by atoms with Crippen molar-refractivity contribution in [2.75, 3.05) is 57.8 Å². The van der Waals surface area contributed by atoms with E-state index in [2.05, 4.69) is 55.2 Å². The fourth-order valence-electron chi connectivity index (χ4n) is 6.63. The Morgan fingerprint density at radius 3 is 2.61 bits per heavy atom. The van der Waals surface area contributed by atoms with E-state index in [4.69, 9.17) is 14.7 Å². The molecule has 3 aliphatic heterocycles. The zero-order valence-corrected chi connectivity index (χ0v) is 26.8. The number of ether oxygens (including phenoxy) is 2. The van der Waals surface area contributed by atoms with E-state index < -0.39 is 0 Å². The van der Waals surface area contributed by atoms with E-state index in [1.165, 1.54) is 12.0 Å². The van der Waals surface area contributed by atoms with Crippen LogP contribution >= 0.6 is 0 Å². The summed E-state index contributed by atoms with van der Waals surface area (Å²) >= 11 is 0. The topological polar surface area (TPSA) is 144 Å². The molecule has 2 atom stereocenters. The lowest BCUT2D eigenvalue weighted by molar-refractivity contribution is -0.136. The maximum Gasteiger partial charge on any atom is 0.236 e. The third-order valence-electron chi connectivity index (χ3n) is 9.53. The molecule has 1 aliphatic carbocycles. The lowest BCUT2D eigenvalue weighted by Gasteiger charge is -2.44. The average molecular weight is 624 g/mol. The summed E-state index contributed by atoms with van der Waals surface area (Å²) in [6, 6.07) is 10.2. The first-order chi connectivity index (χ1) is 22.2. The Balaban J connectivity index is 1.10. The molecular formula is C34H41N9O3. The summed E-state index contributed by atoms with van der Waals surface area (Å²) < 4.78 is 11.7. The number of piperazine rings is 1. The van der Waals surface area contributed by atoms with Gasteiger partial charge < -0.3 is 24.6 Å². The van der Waals surface area contributed by atoms with Crippen molar-refractivity contribution in [2.24, 2.45) is 11.3 Å². The normalized spacial score (nSPS) is 23.3. The monoisotopic (exact) mass is 623 g/mol. The SMILES string of the molecule is CC1CC(N2CCN(C3COC3)CC2)=CC=C1Nc1ncnc(-c2ccc(O[C@H]3CCN(C(=O)CC#N)CC3(C)C)c(C#N)c2)n1. The summed E-state index contributed by atoms with van der Waals surface area (Å²) in [6.07, 6.45) is 7.05. The van der Waals surface area contributed by atoms with Gasteiger partial charge in [0, 0.05) is 74.0 Å². The molecule has 0 bridgehead atoms. The van der Waals surface area contributed by atoms with Crippen molar-refractivity contribution in [3.05, 3.63) is 53.6 Å². The molecule has 4 aliphatic rings. The van der Waals surface area contributed by atoms with Gasteiger partial charge in [-0.1, -0.05) is 20.8 Å². The van der Waals surface area contributed by atoms with Crippen LogP contribution in [-0.4, -0.2) is 100 Å². The van der Waals surface area contributed by atoms with Crippen LogP contribution in [0.1, 0.15) is 45.6 Å². The van der Waals surface area contributed by atoms with Crippen molar-refractivity contribution in [3.8, 4) is 29.3 Å². The van der Waals surface area contributed by atoms with Crippen LogP contribution in [0.15, 0.2) is 48.1 Å². The Labute approximate surface area is 270 Å². The van der Waals surface area contributed by atoms with Crippen LogP contribution in [0.2, 0.25) is 0 Å². The molecule has 4 heterocycles. The van der Waals surface area contributed by atoms with Gasteiger partial charge in [-0.05, 0) is 36.8 Å². The molecule has 1 N–H and O–H groups in total. The van der Waals surface area contributed by atoms with Crippen molar-refractivity contribution in [2.45, 2.75) is 52.2 Å². The second kappa shape index (κ2) is 13.5. The number of nitrogens with one attached hydrogen (secondary N) is 1. The number of anilines is 1. The number of benzene rings is 1. The third-order valence-corrected chi connectivity index (χ3v) is 9.53. The van der Waals surface area contributed by atoms with Gasteiger partial charge in [-0.2, -0.15) is 15.5 Å². The third kappa shape index (κ3) is 6.84. The molecule has 0 radical (unpaired) electrons. The number of nitrogens with zero attached hydrogens (tertiary/aromatic N) is 8. The van der Waals surface area contributed by atoms with E-state index >= 15 is 0 Å². The van der Waals surface area contributed by atoms with Gasteiger partial charge in [0.25, 0.3) is 0 Å². The minimum Gasteiger partial charge on any atom is -0.488 e. The van der Waals surface area contributed by atoms with Crippen LogP contribution in [-0.2, 0) is 9.53 Å². The summed E-state index contributed by atoms with van der Waals surface area (Å²) in [5.74, 6) is 1.51. The van der Waals surface area contributed by atoms with E-state index in [9.17, 15) is 10.1 Å². The van der Waals surface area contributed by atoms with E-state index in [1.54, 1.807) is 17.0 Å². The molecular weight excluding hydrogens is 582 g/mol. The molecule has 46 heavy (non-hydrogen) atoms. The highest BCUT2D eigenvalue weighted by molar-refractivity contribution is 5.78. The van der Waals surface area contributed by atoms with Gasteiger partial charge in [-0.25, -0.2) is 9.97 Å². The highest BCUT2D eigenvalue weighted by atomic mass is 16.5. The molecule has 1 aromatic heterocycles. The van der Waals surface area contributed by atoms with Gasteiger partial charge >= 0.3 is 0 Å². The number of nitriles is 2. The van der Waals surface area contributed by atoms with E-state index in [-0.39, 0.29) is 29.8 Å². The number of rotatable bonds is 8. The standard InChI is InChI=1S/C34H41N9O3/c1-23-16-26(41-12-14-42(15-13-41)27-19-45-20-27)5-6-28(23)39-33-38-22-37-32(40-33)24-4-7-29(25(17-24)18-36)46-30-9-11-43(21-34(30,2)3)31(44)8-10-35/h4-7,17,22-23,27,30H,8-9,11-16,19-21H2,1-3H3,(H,37,38,39,40)/t23?,30-/m0/s1. The first kappa shape index (κ1) is 31.5. The Kier molecular flexibility index (Phi) is 9.20. The zero-order valence-electron chi connectivity index (χ0n) is 26.8. The number of hydrogen-bond donors (Lipinski definition) is 1. The molecule has 1 amide bonds. The quantitative estimate of drug-likeness (QED) is 0.461. The Hall–Kier alpha value is -4.52. The fraction of sp³-hybridized carbons (Fsp3) is 0.529. The van der Waals surface area contributed by atoms with Crippen LogP contribution in [0.3, 0.4) is 0 Å². The average Bonchev–Trinajstić information content (AvgIpc) is 3.03. The smallest absolute Gasteiger partial charge is 0.236 e. The molecule has 1 aromatic carbocycles. The van der Waals surface area contributed by atoms with Crippen molar-refractivity contribution >= 4 is 11.9 Å². The molecule has 3 fully saturated rings. The molecule has 3 saturated heterocycles. The molecule has 2 aromatic rings. The van der Waals surface area contributed by atoms with E-state index in [1.807, 2.05) is 26.0 Å². The van der Waals surface area contributed by atoms with Gasteiger partial charge in [0.1, 0.15) is 30.7 Å². The number of allylic oxidation sites excluding steroid dienone is 4. The highest BCUT2D eigenvalue weighted by Crippen LogP contribution is 2.35. The number of hydrogen-bond acceptors (Lipinski definition) is 11. The van der Waals surface area contributed by atoms with Crippen LogP contribution in [0.25, 0.3) is 11.4 Å². The second-order valence-electron chi connectivity index (χ2n) is 13.2. The number of carbonyl (C=O) groups is 1. The van der Waals surface area contributed by atoms with Crippen molar-refractivity contribution in [3.63, 3.8) is 0 Å². The van der Waals surface area contributed by atoms with Crippen molar-refractivity contribution < 1.29 is 14.3 Å². The first-order valence-corrected chi connectivity index (χ1v) is 16.0. The highest BCUT2D eigenvalue weighted by Gasteiger charge is 2.39. The van der Waals surface area contributed by atoms with Crippen LogP contribution in [0.4, 0.5) is 5.95 Å². The molecule has 6 rings (SSSR count). The van der Waals surface area contributed by atoms with Gasteiger partial charge in [-0.3, -0.25) is 9.69 Å². The van der Waals surface area contributed by atoms with Crippen molar-refractivity contribution in [1.29, 1.82) is 10.5 Å². The van der Waals surface area contributed by atoms with Gasteiger partial charge in [0.15, 0.2) is 5.82 Å². The molecule has 0 spiro atoms. The summed E-state index contributed by atoms with van der Waals surface area (Å²) in [4.78, 5) is 32.5. The predicted octanol–water partition coefficient (Wildman–Crippen LogP) is 3.57. The van der Waals surface area contributed by atoms with Gasteiger partial charge in [0.2, 0.25) is 11.9 Å². The number of piperidine rings is 1. The number of aromatic nitrogens is 3. The fourth-order valence-corrected chi connectivity index (χ4v) is 6.63.